The molecule has 213 valence electrons. The number of hydrogen-bond acceptors (Lipinski definition) is 4. The molecule has 11 unspecified atom stereocenters. The van der Waals surface area contributed by atoms with E-state index in [2.05, 4.69) is 19.2 Å². The third-order valence-electron chi connectivity index (χ3n) is 10.2. The van der Waals surface area contributed by atoms with Gasteiger partial charge in [-0.1, -0.05) is 0 Å². The SMILES string of the molecule is OC1CCC(C(CCPCC[CH]([Pd])PCCC(C2CCC(O)C2)C2CCC(O)C2)C2CCC(O)C2)C1. The van der Waals surface area contributed by atoms with Crippen LogP contribution in [0, 0.1) is 35.5 Å². The third-order valence-corrected chi connectivity index (χ3v) is 14.2. The Morgan fingerprint density at radius 2 is 0.889 bits per heavy atom. The van der Waals surface area contributed by atoms with Crippen LogP contribution in [0.2, 0.25) is 0 Å². The predicted molar refractivity (Wildman–Crippen MR) is 149 cm³/mol. The average Bonchev–Trinajstić information content (AvgIpc) is 3.64. The van der Waals surface area contributed by atoms with Crippen molar-refractivity contribution in [2.45, 2.75) is 125 Å². The third kappa shape index (κ3) is 9.20. The summed E-state index contributed by atoms with van der Waals surface area (Å²) >= 11 is 3.69. The van der Waals surface area contributed by atoms with Gasteiger partial charge in [0.1, 0.15) is 0 Å². The summed E-state index contributed by atoms with van der Waals surface area (Å²) in [5, 5.41) is 40.4. The molecule has 36 heavy (non-hydrogen) atoms. The van der Waals surface area contributed by atoms with E-state index in [1.807, 2.05) is 0 Å². The van der Waals surface area contributed by atoms with Crippen LogP contribution >= 0.6 is 17.2 Å². The zero-order valence-corrected chi connectivity index (χ0v) is 25.7. The molecule has 0 spiro atoms. The second-order valence-corrected chi connectivity index (χ2v) is 17.7. The van der Waals surface area contributed by atoms with Crippen molar-refractivity contribution < 1.29 is 39.6 Å². The van der Waals surface area contributed by atoms with Crippen LogP contribution in [0.25, 0.3) is 0 Å². The Labute approximate surface area is 234 Å². The van der Waals surface area contributed by atoms with Crippen molar-refractivity contribution in [1.29, 1.82) is 0 Å². The Morgan fingerprint density at radius 3 is 1.25 bits per heavy atom. The van der Waals surface area contributed by atoms with Gasteiger partial charge in [0, 0.05) is 0 Å². The first-order valence-corrected chi connectivity index (χ1v) is 18.8. The Kier molecular flexibility index (Phi) is 13.0. The minimum absolute atomic E-state index is 0.0835. The molecule has 4 nitrogen and oxygen atoms in total. The minimum atomic E-state index is -0.0877. The van der Waals surface area contributed by atoms with E-state index < -0.39 is 0 Å². The van der Waals surface area contributed by atoms with Crippen molar-refractivity contribution in [3.05, 3.63) is 0 Å². The van der Waals surface area contributed by atoms with Crippen LogP contribution in [-0.4, -0.2) is 67.5 Å². The second kappa shape index (κ2) is 15.4. The van der Waals surface area contributed by atoms with Gasteiger partial charge < -0.3 is 0 Å². The molecule has 0 aliphatic heterocycles. The number of aliphatic hydroxyl groups excluding tert-OH is 4. The zero-order chi connectivity index (χ0) is 25.5. The van der Waals surface area contributed by atoms with E-state index in [0.29, 0.717) is 33.7 Å². The van der Waals surface area contributed by atoms with Crippen molar-refractivity contribution in [2.24, 2.45) is 35.5 Å². The number of aliphatic hydroxyl groups is 4. The van der Waals surface area contributed by atoms with Gasteiger partial charge in [-0.2, -0.15) is 0 Å². The zero-order valence-electron chi connectivity index (χ0n) is 22.2. The Hall–Kier alpha value is 1.36. The van der Waals surface area contributed by atoms with Gasteiger partial charge in [-0.15, -0.1) is 0 Å². The first-order chi connectivity index (χ1) is 17.4. The molecule has 0 aromatic rings. The topological polar surface area (TPSA) is 80.9 Å². The van der Waals surface area contributed by atoms with Gasteiger partial charge in [0.25, 0.3) is 0 Å². The van der Waals surface area contributed by atoms with Gasteiger partial charge in [-0.05, 0) is 0 Å². The van der Waals surface area contributed by atoms with E-state index in [0.717, 1.165) is 74.4 Å². The summed E-state index contributed by atoms with van der Waals surface area (Å²) in [4.78, 5) is 0. The summed E-state index contributed by atoms with van der Waals surface area (Å²) < 4.78 is 0.676. The van der Waals surface area contributed by atoms with E-state index in [9.17, 15) is 20.4 Å². The van der Waals surface area contributed by atoms with Crippen molar-refractivity contribution in [2.75, 3.05) is 18.5 Å². The van der Waals surface area contributed by atoms with Gasteiger partial charge in [0.15, 0.2) is 0 Å². The summed E-state index contributed by atoms with van der Waals surface area (Å²) in [6.07, 6.45) is 20.1. The quantitative estimate of drug-likeness (QED) is 0.120. The first-order valence-electron chi connectivity index (χ1n) is 15.2. The normalized spacial score (nSPS) is 40.3. The van der Waals surface area contributed by atoms with Gasteiger partial charge in [0.05, 0.1) is 0 Å². The van der Waals surface area contributed by atoms with Crippen molar-refractivity contribution >= 4 is 17.2 Å². The molecule has 0 radical (unpaired) electrons. The predicted octanol–water partition coefficient (Wildman–Crippen LogP) is 5.26. The summed E-state index contributed by atoms with van der Waals surface area (Å²) in [5.74, 6) is 4.14. The molecule has 0 saturated heterocycles. The summed E-state index contributed by atoms with van der Waals surface area (Å²) in [6, 6.07) is 0. The average molecular weight is 634 g/mol. The Balaban J connectivity index is 1.12. The van der Waals surface area contributed by atoms with Crippen LogP contribution in [0.4, 0.5) is 0 Å². The van der Waals surface area contributed by atoms with Crippen molar-refractivity contribution in [3.8, 4) is 0 Å². The first kappa shape index (κ1) is 30.3. The van der Waals surface area contributed by atoms with E-state index >= 15 is 0 Å². The van der Waals surface area contributed by atoms with Gasteiger partial charge in [-0.3, -0.25) is 0 Å². The molecule has 7 heteroatoms. The molecule has 4 rings (SSSR count). The van der Waals surface area contributed by atoms with Gasteiger partial charge in [0.2, 0.25) is 0 Å². The van der Waals surface area contributed by atoms with Crippen molar-refractivity contribution in [1.82, 2.24) is 0 Å². The maximum atomic E-state index is 10.1. The molecule has 0 heterocycles. The molecule has 4 aliphatic rings. The molecule has 4 N–H and O–H groups in total. The summed E-state index contributed by atoms with van der Waals surface area (Å²) in [7, 11) is 2.03. The van der Waals surface area contributed by atoms with Gasteiger partial charge >= 0.3 is 236 Å². The molecule has 4 fully saturated rings. The maximum absolute atomic E-state index is 10.1. The van der Waals surface area contributed by atoms with E-state index in [1.165, 1.54) is 63.4 Å². The monoisotopic (exact) mass is 633 g/mol. The number of rotatable bonds is 14. The fraction of sp³-hybridized carbons (Fsp3) is 1.00. The standard InChI is InChI=1S/C29H53O4P2.Pd/c30-24-6-2-20(16-24)28(21-3-7-25(31)17-21)10-14-34-12-1-13-35-15-11-29(22-4-8-26(32)18-22)23-5-9-27(33)19-23;/h12,20-35H,1-11,13-19H2;. The van der Waals surface area contributed by atoms with Gasteiger partial charge in [-0.25, -0.2) is 0 Å². The molecule has 11 atom stereocenters. The molecule has 4 saturated carbocycles. The molecular formula is C29H53O4P2Pd. The molecule has 0 aromatic carbocycles. The fourth-order valence-corrected chi connectivity index (χ4v) is 12.4. The van der Waals surface area contributed by atoms with Crippen LogP contribution in [0.1, 0.15) is 96.3 Å². The molecule has 0 bridgehead atoms. The van der Waals surface area contributed by atoms with E-state index in [1.54, 1.807) is 0 Å². The van der Waals surface area contributed by atoms with Crippen LogP contribution in [0.15, 0.2) is 0 Å². The number of hydrogen-bond donors (Lipinski definition) is 4. The van der Waals surface area contributed by atoms with E-state index in [4.69, 9.17) is 0 Å². The van der Waals surface area contributed by atoms with Crippen LogP contribution in [0.5, 0.6) is 0 Å². The van der Waals surface area contributed by atoms with Crippen LogP contribution in [0.3, 0.4) is 0 Å². The molecule has 0 amide bonds. The summed E-state index contributed by atoms with van der Waals surface area (Å²) in [5.41, 5.74) is 0. The molecular weight excluding hydrogens is 581 g/mol. The Morgan fingerprint density at radius 1 is 0.528 bits per heavy atom. The Bertz CT molecular complexity index is 602. The molecule has 4 aliphatic carbocycles. The molecule has 0 aromatic heterocycles. The van der Waals surface area contributed by atoms with Crippen LogP contribution in [-0.2, 0) is 19.2 Å². The van der Waals surface area contributed by atoms with E-state index in [-0.39, 0.29) is 24.4 Å². The fourth-order valence-electron chi connectivity index (χ4n) is 8.35. The summed E-state index contributed by atoms with van der Waals surface area (Å²) in [6.45, 7) is 0. The van der Waals surface area contributed by atoms with Crippen LogP contribution < -0.4 is 0 Å². The second-order valence-electron chi connectivity index (χ2n) is 12.7. The van der Waals surface area contributed by atoms with Crippen molar-refractivity contribution in [3.63, 3.8) is 0 Å².